The van der Waals surface area contributed by atoms with Crippen LogP contribution in [0, 0.1) is 11.6 Å². The number of benzene rings is 1. The molecule has 0 atom stereocenters. The van der Waals surface area contributed by atoms with Crippen LogP contribution in [0.5, 0.6) is 0 Å². The molecule has 1 fully saturated rings. The number of nitrogens with one attached hydrogen (secondary N) is 1. The number of fused-ring (bicyclic) bond motifs is 1. The normalized spacial score (nSPS) is 15.5. The molecule has 3 aromatic rings. The molecule has 1 aromatic carbocycles. The molecule has 2 aromatic heterocycles. The van der Waals surface area contributed by atoms with Crippen LogP contribution in [-0.4, -0.2) is 58.8 Å². The van der Waals surface area contributed by atoms with Gasteiger partial charge in [-0.2, -0.15) is 4.98 Å². The van der Waals surface area contributed by atoms with E-state index in [9.17, 15) is 13.6 Å². The zero-order chi connectivity index (χ0) is 22.9. The van der Waals surface area contributed by atoms with Crippen molar-refractivity contribution in [1.29, 1.82) is 0 Å². The van der Waals surface area contributed by atoms with Gasteiger partial charge in [-0.3, -0.25) is 4.90 Å². The molecule has 3 N–H and O–H groups in total. The minimum atomic E-state index is -0.862. The molecule has 170 valence electrons. The number of nitrogens with zero attached hydrogens (tertiary/aromatic N) is 6. The Labute approximate surface area is 187 Å². The highest BCUT2D eigenvalue weighted by Crippen LogP contribution is 2.36. The molecular formula is C21H20F2N8O2. The van der Waals surface area contributed by atoms with Gasteiger partial charge in [-0.25, -0.2) is 28.5 Å². The van der Waals surface area contributed by atoms with Gasteiger partial charge in [-0.05, 0) is 18.6 Å². The monoisotopic (exact) mass is 454 g/mol. The van der Waals surface area contributed by atoms with Crippen LogP contribution in [0.4, 0.5) is 37.0 Å². The summed E-state index contributed by atoms with van der Waals surface area (Å²) in [6.45, 7) is 2.49. The highest BCUT2D eigenvalue weighted by atomic mass is 19.1. The van der Waals surface area contributed by atoms with E-state index in [-0.39, 0.29) is 12.5 Å². The Morgan fingerprint density at radius 1 is 1.06 bits per heavy atom. The summed E-state index contributed by atoms with van der Waals surface area (Å²) >= 11 is 0. The third-order valence-corrected chi connectivity index (χ3v) is 5.49. The number of nitrogen functional groups attached to an aromatic ring is 1. The van der Waals surface area contributed by atoms with Crippen molar-refractivity contribution in [1.82, 2.24) is 19.9 Å². The molecule has 4 heterocycles. The second kappa shape index (κ2) is 8.54. The standard InChI is InChI=1S/C21H20F2N8O2/c22-14-2-1-3-15(23)17(14)28-21(32)31-5-4-13-16(12-10-25-19(24)26-11-12)27-20(29-18(13)31)30-6-8-33-9-7-30/h1-3,10-11H,4-9H2,(H,28,32)(H2,24,25,26). The van der Waals surface area contributed by atoms with Gasteiger partial charge in [-0.1, -0.05) is 6.07 Å². The maximum atomic E-state index is 14.1. The number of morpholine rings is 1. The first-order valence-corrected chi connectivity index (χ1v) is 10.4. The fourth-order valence-electron chi connectivity index (χ4n) is 3.84. The molecule has 0 aliphatic carbocycles. The van der Waals surface area contributed by atoms with Crippen molar-refractivity contribution < 1.29 is 18.3 Å². The third kappa shape index (κ3) is 4.00. The lowest BCUT2D eigenvalue weighted by Gasteiger charge is -2.28. The molecule has 12 heteroatoms. The molecule has 2 amide bonds. The van der Waals surface area contributed by atoms with Crippen molar-refractivity contribution in [2.45, 2.75) is 6.42 Å². The van der Waals surface area contributed by atoms with Gasteiger partial charge in [0, 0.05) is 43.2 Å². The molecule has 0 saturated carbocycles. The van der Waals surface area contributed by atoms with Gasteiger partial charge in [0.05, 0.1) is 18.9 Å². The first-order valence-electron chi connectivity index (χ1n) is 10.4. The van der Waals surface area contributed by atoms with Gasteiger partial charge in [0.2, 0.25) is 11.9 Å². The highest BCUT2D eigenvalue weighted by Gasteiger charge is 2.32. The van der Waals surface area contributed by atoms with Crippen LogP contribution in [0.3, 0.4) is 0 Å². The maximum Gasteiger partial charge on any atom is 0.327 e. The van der Waals surface area contributed by atoms with Gasteiger partial charge in [0.15, 0.2) is 0 Å². The first-order chi connectivity index (χ1) is 16.0. The lowest BCUT2D eigenvalue weighted by molar-refractivity contribution is 0.122. The number of carbonyl (C=O) groups excluding carboxylic acids is 1. The first kappa shape index (κ1) is 20.9. The number of hydrogen-bond acceptors (Lipinski definition) is 8. The van der Waals surface area contributed by atoms with Gasteiger partial charge in [-0.15, -0.1) is 0 Å². The number of halogens is 2. The average molecular weight is 454 g/mol. The number of ether oxygens (including phenoxy) is 1. The van der Waals surface area contributed by atoms with E-state index >= 15 is 0 Å². The third-order valence-electron chi connectivity index (χ3n) is 5.49. The van der Waals surface area contributed by atoms with E-state index in [1.54, 1.807) is 12.4 Å². The van der Waals surface area contributed by atoms with Crippen molar-refractivity contribution in [3.63, 3.8) is 0 Å². The molecule has 0 spiro atoms. The van der Waals surface area contributed by atoms with Gasteiger partial charge in [0.25, 0.3) is 0 Å². The van der Waals surface area contributed by atoms with Crippen molar-refractivity contribution >= 4 is 29.4 Å². The summed E-state index contributed by atoms with van der Waals surface area (Å²) in [6, 6.07) is 2.70. The van der Waals surface area contributed by atoms with Crippen molar-refractivity contribution in [3.8, 4) is 11.3 Å². The van der Waals surface area contributed by atoms with E-state index in [1.165, 1.54) is 11.0 Å². The summed E-state index contributed by atoms with van der Waals surface area (Å²) in [6.07, 6.45) is 3.57. The van der Waals surface area contributed by atoms with Gasteiger partial charge < -0.3 is 20.7 Å². The molecule has 0 radical (unpaired) electrons. The SMILES string of the molecule is Nc1ncc(-c2nc(N3CCOCC3)nc3c2CCN3C(=O)Nc2c(F)cccc2F)cn1. The number of amides is 2. The van der Waals surface area contributed by atoms with Crippen molar-refractivity contribution in [3.05, 3.63) is 47.8 Å². The summed E-state index contributed by atoms with van der Waals surface area (Å²) in [7, 11) is 0. The van der Waals surface area contributed by atoms with Crippen LogP contribution < -0.4 is 20.9 Å². The topological polar surface area (TPSA) is 122 Å². The molecule has 0 bridgehead atoms. The minimum Gasteiger partial charge on any atom is -0.378 e. The van der Waals surface area contributed by atoms with E-state index in [1.807, 2.05) is 4.90 Å². The zero-order valence-electron chi connectivity index (χ0n) is 17.5. The zero-order valence-corrected chi connectivity index (χ0v) is 17.5. The maximum absolute atomic E-state index is 14.1. The summed E-state index contributed by atoms with van der Waals surface area (Å²) in [5.41, 5.74) is 7.03. The van der Waals surface area contributed by atoms with Crippen LogP contribution in [-0.2, 0) is 11.2 Å². The van der Waals surface area contributed by atoms with E-state index in [4.69, 9.17) is 15.5 Å². The molecule has 2 aliphatic rings. The van der Waals surface area contributed by atoms with Gasteiger partial charge >= 0.3 is 6.03 Å². The summed E-state index contributed by atoms with van der Waals surface area (Å²) in [5.74, 6) is -0.808. The van der Waals surface area contributed by atoms with Crippen molar-refractivity contribution in [2.75, 3.05) is 53.7 Å². The number of aromatic nitrogens is 4. The lowest BCUT2D eigenvalue weighted by Crippen LogP contribution is -2.38. The lowest BCUT2D eigenvalue weighted by atomic mass is 10.1. The number of nitrogens with two attached hydrogens (primary N) is 1. The Hall–Kier alpha value is -3.93. The number of hydrogen-bond donors (Lipinski definition) is 2. The summed E-state index contributed by atoms with van der Waals surface area (Å²) in [4.78, 5) is 33.8. The minimum absolute atomic E-state index is 0.130. The van der Waals surface area contributed by atoms with E-state index in [2.05, 4.69) is 20.3 Å². The Balaban J connectivity index is 1.55. The quantitative estimate of drug-likeness (QED) is 0.618. The Morgan fingerprint density at radius 3 is 2.45 bits per heavy atom. The predicted molar refractivity (Wildman–Crippen MR) is 117 cm³/mol. The van der Waals surface area contributed by atoms with Crippen LogP contribution in [0.15, 0.2) is 30.6 Å². The van der Waals surface area contributed by atoms with Crippen LogP contribution in [0.25, 0.3) is 11.3 Å². The highest BCUT2D eigenvalue weighted by molar-refractivity contribution is 6.03. The molecular weight excluding hydrogens is 434 g/mol. The number of rotatable bonds is 3. The fraction of sp³-hybridized carbons (Fsp3) is 0.286. The molecule has 33 heavy (non-hydrogen) atoms. The Morgan fingerprint density at radius 2 is 1.76 bits per heavy atom. The number of carbonyl (C=O) groups is 1. The smallest absolute Gasteiger partial charge is 0.327 e. The Bertz CT molecular complexity index is 1180. The van der Waals surface area contributed by atoms with E-state index < -0.39 is 23.4 Å². The fourth-order valence-corrected chi connectivity index (χ4v) is 3.84. The van der Waals surface area contributed by atoms with Crippen LogP contribution >= 0.6 is 0 Å². The van der Waals surface area contributed by atoms with Crippen molar-refractivity contribution in [2.24, 2.45) is 0 Å². The molecule has 0 unspecified atom stereocenters. The molecule has 1 saturated heterocycles. The molecule has 10 nitrogen and oxygen atoms in total. The average Bonchev–Trinajstić information content (AvgIpc) is 3.26. The number of anilines is 4. The summed E-state index contributed by atoms with van der Waals surface area (Å²) < 4.78 is 33.6. The summed E-state index contributed by atoms with van der Waals surface area (Å²) in [5, 5.41) is 2.33. The molecule has 5 rings (SSSR count). The predicted octanol–water partition coefficient (Wildman–Crippen LogP) is 2.23. The second-order valence-electron chi connectivity index (χ2n) is 7.53. The Kier molecular flexibility index (Phi) is 5.42. The van der Waals surface area contributed by atoms with E-state index in [0.717, 1.165) is 12.1 Å². The van der Waals surface area contributed by atoms with Gasteiger partial charge in [0.1, 0.15) is 23.1 Å². The molecule has 2 aliphatic heterocycles. The van der Waals surface area contributed by atoms with Crippen LogP contribution in [0.1, 0.15) is 5.56 Å². The second-order valence-corrected chi connectivity index (χ2v) is 7.53. The van der Waals surface area contributed by atoms with E-state index in [0.29, 0.717) is 61.3 Å². The van der Waals surface area contributed by atoms with Crippen LogP contribution in [0.2, 0.25) is 0 Å². The number of urea groups is 1. The number of para-hydroxylation sites is 1. The largest absolute Gasteiger partial charge is 0.378 e.